The Morgan fingerprint density at radius 2 is 2.12 bits per heavy atom. The fourth-order valence-corrected chi connectivity index (χ4v) is 1.83. The van der Waals surface area contributed by atoms with Gasteiger partial charge < -0.3 is 9.63 Å². The van der Waals surface area contributed by atoms with Crippen molar-refractivity contribution in [3.8, 4) is 0 Å². The van der Waals surface area contributed by atoms with E-state index in [1.54, 1.807) is 0 Å². The number of carboxylic acid groups (broad SMARTS) is 1. The molecule has 0 amide bonds. The Kier molecular flexibility index (Phi) is 4.76. The average Bonchev–Trinajstić information content (AvgIpc) is 2.68. The minimum Gasteiger partial charge on any atom is -0.476 e. The Balaban J connectivity index is 0.00000128. The molecule has 0 saturated carbocycles. The molecule has 0 radical (unpaired) electrons. The van der Waals surface area contributed by atoms with Gasteiger partial charge in [-0.05, 0) is 25.9 Å². The van der Waals surface area contributed by atoms with E-state index in [2.05, 4.69) is 10.1 Å². The lowest BCUT2D eigenvalue weighted by Gasteiger charge is -2.24. The molecule has 0 bridgehead atoms. The molecule has 6 heteroatoms. The van der Waals surface area contributed by atoms with Crippen molar-refractivity contribution in [3.05, 3.63) is 17.5 Å². The van der Waals surface area contributed by atoms with Gasteiger partial charge in [0.25, 0.3) is 0 Å². The van der Waals surface area contributed by atoms with Crippen molar-refractivity contribution in [2.24, 2.45) is 0 Å². The van der Waals surface area contributed by atoms with Gasteiger partial charge in [-0.1, -0.05) is 11.6 Å². The average molecular weight is 247 g/mol. The fraction of sp³-hybridized carbons (Fsp3) is 0.600. The highest BCUT2D eigenvalue weighted by Crippen LogP contribution is 2.13. The van der Waals surface area contributed by atoms with E-state index in [-0.39, 0.29) is 18.1 Å². The zero-order valence-electron chi connectivity index (χ0n) is 8.89. The topological polar surface area (TPSA) is 66.6 Å². The first kappa shape index (κ1) is 13.0. The van der Waals surface area contributed by atoms with Gasteiger partial charge in [0.15, 0.2) is 11.5 Å². The van der Waals surface area contributed by atoms with Crippen molar-refractivity contribution in [1.29, 1.82) is 0 Å². The number of carboxylic acids is 1. The maximum atomic E-state index is 10.6. The number of nitrogens with zero attached hydrogens (tertiary/aromatic N) is 2. The molecule has 0 unspecified atom stereocenters. The summed E-state index contributed by atoms with van der Waals surface area (Å²) in [6.07, 6.45) is 3.70. The SMILES string of the molecule is Cl.O=C(O)c1cc(CN2CCCCC2)on1. The molecule has 1 saturated heterocycles. The van der Waals surface area contributed by atoms with E-state index in [0.717, 1.165) is 13.1 Å². The molecule has 0 atom stereocenters. The summed E-state index contributed by atoms with van der Waals surface area (Å²) in [4.78, 5) is 12.8. The second kappa shape index (κ2) is 5.86. The molecular formula is C10H15ClN2O3. The summed E-state index contributed by atoms with van der Waals surface area (Å²) in [5.74, 6) is -0.405. The van der Waals surface area contributed by atoms with Crippen LogP contribution in [0.25, 0.3) is 0 Å². The maximum absolute atomic E-state index is 10.6. The van der Waals surface area contributed by atoms with E-state index in [0.29, 0.717) is 12.3 Å². The van der Waals surface area contributed by atoms with E-state index in [4.69, 9.17) is 9.63 Å². The molecule has 1 aromatic rings. The highest BCUT2D eigenvalue weighted by molar-refractivity contribution is 5.85. The Hall–Kier alpha value is -1.07. The minimum absolute atomic E-state index is 0. The second-order valence-corrected chi connectivity index (χ2v) is 3.82. The van der Waals surface area contributed by atoms with Gasteiger partial charge in [0.1, 0.15) is 0 Å². The van der Waals surface area contributed by atoms with E-state index < -0.39 is 5.97 Å². The zero-order valence-corrected chi connectivity index (χ0v) is 9.70. The van der Waals surface area contributed by atoms with E-state index in [1.807, 2.05) is 0 Å². The van der Waals surface area contributed by atoms with Crippen LogP contribution >= 0.6 is 12.4 Å². The quantitative estimate of drug-likeness (QED) is 0.881. The van der Waals surface area contributed by atoms with Crippen LogP contribution in [-0.4, -0.2) is 34.2 Å². The lowest BCUT2D eigenvalue weighted by molar-refractivity contribution is 0.0685. The number of aromatic nitrogens is 1. The summed E-state index contributed by atoms with van der Waals surface area (Å²) >= 11 is 0. The molecule has 1 fully saturated rings. The first-order chi connectivity index (χ1) is 7.25. The molecule has 1 N–H and O–H groups in total. The molecule has 1 aliphatic rings. The van der Waals surface area contributed by atoms with Gasteiger partial charge >= 0.3 is 5.97 Å². The Morgan fingerprint density at radius 3 is 2.69 bits per heavy atom. The molecule has 5 nitrogen and oxygen atoms in total. The summed E-state index contributed by atoms with van der Waals surface area (Å²) in [7, 11) is 0. The van der Waals surface area contributed by atoms with Crippen molar-refractivity contribution in [2.75, 3.05) is 13.1 Å². The van der Waals surface area contributed by atoms with Crippen molar-refractivity contribution in [2.45, 2.75) is 25.8 Å². The van der Waals surface area contributed by atoms with Gasteiger partial charge in [-0.3, -0.25) is 4.90 Å². The van der Waals surface area contributed by atoms with Crippen molar-refractivity contribution in [3.63, 3.8) is 0 Å². The van der Waals surface area contributed by atoms with E-state index >= 15 is 0 Å². The number of aromatic carboxylic acids is 1. The van der Waals surface area contributed by atoms with Crippen LogP contribution in [0.4, 0.5) is 0 Å². The number of hydrogen-bond acceptors (Lipinski definition) is 4. The van der Waals surface area contributed by atoms with Gasteiger partial charge in [-0.15, -0.1) is 12.4 Å². The number of halogens is 1. The lowest BCUT2D eigenvalue weighted by atomic mass is 10.1. The van der Waals surface area contributed by atoms with Gasteiger partial charge in [0, 0.05) is 6.07 Å². The first-order valence-electron chi connectivity index (χ1n) is 5.17. The number of likely N-dealkylation sites (tertiary alicyclic amines) is 1. The van der Waals surface area contributed by atoms with Gasteiger partial charge in [0.05, 0.1) is 6.54 Å². The van der Waals surface area contributed by atoms with Crippen molar-refractivity contribution < 1.29 is 14.4 Å². The summed E-state index contributed by atoms with van der Waals surface area (Å²) in [5.41, 5.74) is -0.0120. The van der Waals surface area contributed by atoms with Crippen LogP contribution in [0.5, 0.6) is 0 Å². The molecule has 16 heavy (non-hydrogen) atoms. The highest BCUT2D eigenvalue weighted by atomic mass is 35.5. The number of piperidine rings is 1. The van der Waals surface area contributed by atoms with Crippen LogP contribution < -0.4 is 0 Å². The first-order valence-corrected chi connectivity index (χ1v) is 5.17. The Bertz CT molecular complexity index is 348. The van der Waals surface area contributed by atoms with Crippen LogP contribution in [0, 0.1) is 0 Å². The Morgan fingerprint density at radius 1 is 1.44 bits per heavy atom. The largest absolute Gasteiger partial charge is 0.476 e. The van der Waals surface area contributed by atoms with Crippen molar-refractivity contribution >= 4 is 18.4 Å². The van der Waals surface area contributed by atoms with Crippen LogP contribution in [0.15, 0.2) is 10.6 Å². The van der Waals surface area contributed by atoms with Gasteiger partial charge in [-0.25, -0.2) is 4.79 Å². The Labute approximate surface area is 99.8 Å². The second-order valence-electron chi connectivity index (χ2n) is 3.82. The number of carbonyl (C=O) groups is 1. The van der Waals surface area contributed by atoms with E-state index in [1.165, 1.54) is 25.3 Å². The van der Waals surface area contributed by atoms with Gasteiger partial charge in [0.2, 0.25) is 0 Å². The van der Waals surface area contributed by atoms with Crippen LogP contribution in [0.1, 0.15) is 35.5 Å². The molecule has 2 heterocycles. The molecule has 2 rings (SSSR count). The molecular weight excluding hydrogens is 232 g/mol. The van der Waals surface area contributed by atoms with Gasteiger partial charge in [-0.2, -0.15) is 0 Å². The smallest absolute Gasteiger partial charge is 0.358 e. The third-order valence-corrected chi connectivity index (χ3v) is 2.61. The fourth-order valence-electron chi connectivity index (χ4n) is 1.83. The maximum Gasteiger partial charge on any atom is 0.358 e. The molecule has 0 spiro atoms. The monoisotopic (exact) mass is 246 g/mol. The van der Waals surface area contributed by atoms with Crippen LogP contribution in [0.3, 0.4) is 0 Å². The zero-order chi connectivity index (χ0) is 10.7. The molecule has 0 aliphatic carbocycles. The van der Waals surface area contributed by atoms with Crippen LogP contribution in [-0.2, 0) is 6.54 Å². The molecule has 90 valence electrons. The molecule has 1 aliphatic heterocycles. The minimum atomic E-state index is -1.04. The standard InChI is InChI=1S/C10H14N2O3.ClH/c13-10(14)9-6-8(15-11-9)7-12-4-2-1-3-5-12;/h6H,1-5,7H2,(H,13,14);1H. The van der Waals surface area contributed by atoms with E-state index in [9.17, 15) is 4.79 Å². The van der Waals surface area contributed by atoms with Crippen LogP contribution in [0.2, 0.25) is 0 Å². The third kappa shape index (κ3) is 3.21. The molecule has 0 aromatic carbocycles. The van der Waals surface area contributed by atoms with Crippen molar-refractivity contribution in [1.82, 2.24) is 10.1 Å². The normalized spacial score (nSPS) is 16.8. The number of hydrogen-bond donors (Lipinski definition) is 1. The highest BCUT2D eigenvalue weighted by Gasteiger charge is 2.15. The third-order valence-electron chi connectivity index (χ3n) is 2.61. The summed E-state index contributed by atoms with van der Waals surface area (Å²) < 4.78 is 4.96. The number of rotatable bonds is 3. The summed E-state index contributed by atoms with van der Waals surface area (Å²) in [5, 5.41) is 12.1. The predicted molar refractivity (Wildman–Crippen MR) is 59.8 cm³/mol. The predicted octanol–water partition coefficient (Wildman–Crippen LogP) is 1.78. The summed E-state index contributed by atoms with van der Waals surface area (Å²) in [6.45, 7) is 2.78. The lowest BCUT2D eigenvalue weighted by Crippen LogP contribution is -2.28. The summed E-state index contributed by atoms with van der Waals surface area (Å²) in [6, 6.07) is 1.50. The molecule has 1 aromatic heterocycles.